The third-order valence-electron chi connectivity index (χ3n) is 9.19. The van der Waals surface area contributed by atoms with Gasteiger partial charge in [-0.15, -0.1) is 0 Å². The van der Waals surface area contributed by atoms with E-state index in [-0.39, 0.29) is 6.10 Å². The van der Waals surface area contributed by atoms with Crippen molar-refractivity contribution in [3.8, 4) is 0 Å². The van der Waals surface area contributed by atoms with Crippen LogP contribution in [0.15, 0.2) is 60.0 Å². The number of benzene rings is 1. The van der Waals surface area contributed by atoms with Crippen molar-refractivity contribution in [3.05, 3.63) is 65.5 Å². The molecule has 2 nitrogen and oxygen atoms in total. The molecule has 6 atom stereocenters. The van der Waals surface area contributed by atoms with Crippen LogP contribution in [-0.4, -0.2) is 16.2 Å². The highest BCUT2D eigenvalue weighted by Gasteiger charge is 2.52. The van der Waals surface area contributed by atoms with Gasteiger partial charge in [-0.2, -0.15) is 0 Å². The molecular formula is C28H33NO. The minimum atomic E-state index is -0.114. The lowest BCUT2D eigenvalue weighted by atomic mass is 9.60. The molecule has 6 rings (SSSR count). The van der Waals surface area contributed by atoms with E-state index in [1.54, 1.807) is 11.1 Å². The van der Waals surface area contributed by atoms with Crippen LogP contribution in [0.5, 0.6) is 0 Å². The van der Waals surface area contributed by atoms with Gasteiger partial charge in [0.2, 0.25) is 0 Å². The third-order valence-corrected chi connectivity index (χ3v) is 9.19. The Morgan fingerprint density at radius 1 is 1.00 bits per heavy atom. The predicted octanol–water partition coefficient (Wildman–Crippen LogP) is 6.56. The van der Waals surface area contributed by atoms with Crippen LogP contribution in [0, 0.1) is 23.2 Å². The summed E-state index contributed by atoms with van der Waals surface area (Å²) in [6, 6.07) is 9.19. The molecule has 1 N–H and O–H groups in total. The van der Waals surface area contributed by atoms with Gasteiger partial charge in [0.25, 0.3) is 0 Å². The lowest BCUT2D eigenvalue weighted by molar-refractivity contribution is 0.125. The van der Waals surface area contributed by atoms with E-state index in [2.05, 4.69) is 48.3 Å². The minimum absolute atomic E-state index is 0.114. The molecule has 0 saturated heterocycles. The molecule has 4 aliphatic carbocycles. The molecule has 0 amide bonds. The Bertz CT molecular complexity index is 1040. The van der Waals surface area contributed by atoms with Crippen molar-refractivity contribution in [3.63, 3.8) is 0 Å². The molecule has 2 saturated carbocycles. The molecule has 2 fully saturated rings. The highest BCUT2D eigenvalue weighted by molar-refractivity contribution is 5.82. The van der Waals surface area contributed by atoms with Crippen molar-refractivity contribution in [1.82, 2.24) is 4.98 Å². The van der Waals surface area contributed by atoms with Gasteiger partial charge >= 0.3 is 0 Å². The Kier molecular flexibility index (Phi) is 4.42. The highest BCUT2D eigenvalue weighted by atomic mass is 16.3. The van der Waals surface area contributed by atoms with Gasteiger partial charge in [0.15, 0.2) is 0 Å². The maximum atomic E-state index is 10.2. The zero-order valence-corrected chi connectivity index (χ0v) is 18.1. The van der Waals surface area contributed by atoms with Gasteiger partial charge in [-0.25, -0.2) is 0 Å². The molecule has 30 heavy (non-hydrogen) atoms. The normalized spacial score (nSPS) is 38.1. The van der Waals surface area contributed by atoms with Gasteiger partial charge in [-0.05, 0) is 109 Å². The van der Waals surface area contributed by atoms with Gasteiger partial charge in [-0.3, -0.25) is 4.98 Å². The van der Waals surface area contributed by atoms with Gasteiger partial charge < -0.3 is 5.11 Å². The largest absolute Gasteiger partial charge is 0.393 e. The van der Waals surface area contributed by atoms with Gasteiger partial charge in [0, 0.05) is 17.8 Å². The standard InChI is InChI=1S/C28H33NO/c1-28-12-10-20-14-22-16-24(30)6-4-18(22)5-7-25(20)27(28)9-8-26(28)21-3-2-19-11-13-29-17-23(19)15-21/h2-3,10-11,13-15,17-18,24-27,30H,4-9,12,16H2,1H3. The number of rotatable bonds is 1. The Morgan fingerprint density at radius 3 is 2.83 bits per heavy atom. The van der Waals surface area contributed by atoms with E-state index in [1.165, 1.54) is 54.9 Å². The van der Waals surface area contributed by atoms with E-state index in [0.29, 0.717) is 17.3 Å². The average Bonchev–Trinajstić information content (AvgIpc) is 3.00. The number of aliphatic hydroxyl groups is 1. The SMILES string of the molecule is CC12CC=C3C=C4CC(O)CCC4CCC3C1CCC2c1ccc2ccncc2c1. The molecule has 1 aromatic carbocycles. The number of aliphatic hydroxyl groups excluding tert-OH is 1. The van der Waals surface area contributed by atoms with Crippen LogP contribution in [0.2, 0.25) is 0 Å². The van der Waals surface area contributed by atoms with E-state index < -0.39 is 0 Å². The van der Waals surface area contributed by atoms with Crippen molar-refractivity contribution in [1.29, 1.82) is 0 Å². The summed E-state index contributed by atoms with van der Waals surface area (Å²) < 4.78 is 0. The second kappa shape index (κ2) is 7.05. The molecule has 4 aliphatic rings. The van der Waals surface area contributed by atoms with E-state index in [0.717, 1.165) is 24.7 Å². The number of hydrogen-bond acceptors (Lipinski definition) is 2. The summed E-state index contributed by atoms with van der Waals surface area (Å²) in [6.45, 7) is 2.57. The first kappa shape index (κ1) is 18.8. The Balaban J connectivity index is 1.33. The number of nitrogens with zero attached hydrogens (tertiary/aromatic N) is 1. The first-order valence-corrected chi connectivity index (χ1v) is 12.0. The number of pyridine rings is 1. The van der Waals surface area contributed by atoms with Crippen LogP contribution in [0.25, 0.3) is 10.8 Å². The summed E-state index contributed by atoms with van der Waals surface area (Å²) in [7, 11) is 0. The zero-order chi connectivity index (χ0) is 20.3. The van der Waals surface area contributed by atoms with Crippen molar-refractivity contribution in [2.24, 2.45) is 23.2 Å². The molecule has 0 radical (unpaired) electrons. The number of hydrogen-bond donors (Lipinski definition) is 1. The van der Waals surface area contributed by atoms with E-state index in [9.17, 15) is 5.11 Å². The summed E-state index contributed by atoms with van der Waals surface area (Å²) in [4.78, 5) is 4.35. The van der Waals surface area contributed by atoms with Gasteiger partial charge in [0.05, 0.1) is 6.10 Å². The lowest BCUT2D eigenvalue weighted by Crippen LogP contribution is -2.35. The van der Waals surface area contributed by atoms with Gasteiger partial charge in [-0.1, -0.05) is 36.8 Å². The zero-order valence-electron chi connectivity index (χ0n) is 18.1. The van der Waals surface area contributed by atoms with E-state index in [1.807, 2.05) is 12.4 Å². The highest BCUT2D eigenvalue weighted by Crippen LogP contribution is 2.62. The molecule has 0 bridgehead atoms. The summed E-state index contributed by atoms with van der Waals surface area (Å²) in [5.41, 5.74) is 5.02. The van der Waals surface area contributed by atoms with E-state index in [4.69, 9.17) is 0 Å². The molecule has 6 unspecified atom stereocenters. The molecule has 156 valence electrons. The fourth-order valence-electron chi connectivity index (χ4n) is 7.56. The molecule has 1 aromatic heterocycles. The van der Waals surface area contributed by atoms with Crippen LogP contribution in [-0.2, 0) is 0 Å². The summed E-state index contributed by atoms with van der Waals surface area (Å²) in [6.07, 6.45) is 18.5. The monoisotopic (exact) mass is 399 g/mol. The molecule has 0 aliphatic heterocycles. The second-order valence-electron chi connectivity index (χ2n) is 10.7. The smallest absolute Gasteiger partial charge is 0.0577 e. The van der Waals surface area contributed by atoms with Crippen LogP contribution >= 0.6 is 0 Å². The molecule has 2 aromatic rings. The topological polar surface area (TPSA) is 33.1 Å². The van der Waals surface area contributed by atoms with Crippen molar-refractivity contribution >= 4 is 10.8 Å². The van der Waals surface area contributed by atoms with E-state index >= 15 is 0 Å². The van der Waals surface area contributed by atoms with Crippen molar-refractivity contribution < 1.29 is 5.11 Å². The lowest BCUT2D eigenvalue weighted by Gasteiger charge is -2.44. The fourth-order valence-corrected chi connectivity index (χ4v) is 7.56. The Morgan fingerprint density at radius 2 is 1.90 bits per heavy atom. The molecule has 2 heteroatoms. The minimum Gasteiger partial charge on any atom is -0.393 e. The summed E-state index contributed by atoms with van der Waals surface area (Å²) in [5.74, 6) is 2.86. The van der Waals surface area contributed by atoms with Crippen LogP contribution in [0.1, 0.15) is 69.8 Å². The number of aromatic nitrogens is 1. The summed E-state index contributed by atoms with van der Waals surface area (Å²) in [5, 5.41) is 12.8. The predicted molar refractivity (Wildman–Crippen MR) is 122 cm³/mol. The van der Waals surface area contributed by atoms with Crippen molar-refractivity contribution in [2.75, 3.05) is 0 Å². The molecule has 0 spiro atoms. The summed E-state index contributed by atoms with van der Waals surface area (Å²) >= 11 is 0. The molecule has 1 heterocycles. The Hall–Kier alpha value is -1.93. The fraction of sp³-hybridized carbons (Fsp3) is 0.536. The second-order valence-corrected chi connectivity index (χ2v) is 10.7. The number of allylic oxidation sites excluding steroid dienone is 3. The maximum absolute atomic E-state index is 10.2. The van der Waals surface area contributed by atoms with Crippen LogP contribution in [0.3, 0.4) is 0 Å². The Labute approximate surface area is 180 Å². The van der Waals surface area contributed by atoms with Crippen LogP contribution < -0.4 is 0 Å². The first-order chi connectivity index (χ1) is 14.6. The van der Waals surface area contributed by atoms with Gasteiger partial charge in [0.1, 0.15) is 0 Å². The first-order valence-electron chi connectivity index (χ1n) is 12.0. The quantitative estimate of drug-likeness (QED) is 0.589. The third kappa shape index (κ3) is 2.91. The molecular weight excluding hydrogens is 366 g/mol. The number of fused-ring (bicyclic) bond motifs is 5. The average molecular weight is 400 g/mol. The van der Waals surface area contributed by atoms with Crippen LogP contribution in [0.4, 0.5) is 0 Å². The maximum Gasteiger partial charge on any atom is 0.0577 e. The van der Waals surface area contributed by atoms with Crippen molar-refractivity contribution in [2.45, 2.75) is 70.3 Å².